The molecule has 0 unspecified atom stereocenters. The first kappa shape index (κ1) is 12.0. The van der Waals surface area contributed by atoms with Crippen molar-refractivity contribution in [3.63, 3.8) is 0 Å². The quantitative estimate of drug-likeness (QED) is 0.544. The van der Waals surface area contributed by atoms with Crippen LogP contribution in [-0.2, 0) is 4.79 Å². The molecule has 2 heteroatoms. The number of ketones is 1. The van der Waals surface area contributed by atoms with Gasteiger partial charge >= 0.3 is 0 Å². The molecule has 0 aromatic rings. The molecular weight excluding hydrogens is 168 g/mol. The molecule has 0 saturated heterocycles. The lowest BCUT2D eigenvalue weighted by Gasteiger charge is -1.99. The normalized spacial score (nSPS) is 10.2. The average Bonchev–Trinajstić information content (AvgIpc) is 2.10. The van der Waals surface area contributed by atoms with Gasteiger partial charge in [0.2, 0.25) is 0 Å². The summed E-state index contributed by atoms with van der Waals surface area (Å²) in [5, 5.41) is 0. The molecule has 0 spiro atoms. The first-order valence-corrected chi connectivity index (χ1v) is 6.06. The van der Waals surface area contributed by atoms with Gasteiger partial charge in [0.15, 0.2) is 0 Å². The summed E-state index contributed by atoms with van der Waals surface area (Å²) >= 11 is 1.98. The Balaban J connectivity index is 2.95. The van der Waals surface area contributed by atoms with Gasteiger partial charge in [-0.3, -0.25) is 4.79 Å². The number of carbonyl (C=O) groups excluding carboxylic acids is 1. The van der Waals surface area contributed by atoms with Gasteiger partial charge in [-0.05, 0) is 24.3 Å². The van der Waals surface area contributed by atoms with E-state index in [1.807, 2.05) is 18.7 Å². The van der Waals surface area contributed by atoms with Crippen molar-refractivity contribution >= 4 is 17.5 Å². The highest BCUT2D eigenvalue weighted by Crippen LogP contribution is 2.08. The molecular formula is C10H20OS. The molecule has 0 aromatic heterocycles. The summed E-state index contributed by atoms with van der Waals surface area (Å²) in [5.41, 5.74) is 0. The topological polar surface area (TPSA) is 17.1 Å². The van der Waals surface area contributed by atoms with E-state index >= 15 is 0 Å². The Hall–Kier alpha value is 0.0200. The highest BCUT2D eigenvalue weighted by atomic mass is 32.2. The van der Waals surface area contributed by atoms with Crippen LogP contribution in [0, 0.1) is 0 Å². The second kappa shape index (κ2) is 9.11. The highest BCUT2D eigenvalue weighted by molar-refractivity contribution is 7.99. The van der Waals surface area contributed by atoms with Crippen molar-refractivity contribution in [2.75, 3.05) is 11.5 Å². The summed E-state index contributed by atoms with van der Waals surface area (Å²) in [4.78, 5) is 10.9. The molecule has 0 N–H and O–H groups in total. The van der Waals surface area contributed by atoms with E-state index in [0.717, 1.165) is 18.6 Å². The van der Waals surface area contributed by atoms with Gasteiger partial charge < -0.3 is 0 Å². The number of thioether (sulfide) groups is 1. The number of unbranched alkanes of at least 4 members (excludes halogenated alkanes) is 1. The lowest BCUT2D eigenvalue weighted by atomic mass is 10.2. The lowest BCUT2D eigenvalue weighted by molar-refractivity contribution is -0.118. The van der Waals surface area contributed by atoms with Crippen LogP contribution in [-0.4, -0.2) is 17.3 Å². The lowest BCUT2D eigenvalue weighted by Crippen LogP contribution is -1.95. The molecule has 0 amide bonds. The van der Waals surface area contributed by atoms with Gasteiger partial charge in [0.1, 0.15) is 5.78 Å². The minimum Gasteiger partial charge on any atom is -0.300 e. The summed E-state index contributed by atoms with van der Waals surface area (Å²) in [6.07, 6.45) is 5.16. The van der Waals surface area contributed by atoms with E-state index < -0.39 is 0 Å². The molecule has 0 aliphatic heterocycles. The Morgan fingerprint density at radius 1 is 1.17 bits per heavy atom. The molecule has 0 radical (unpaired) electrons. The molecule has 1 nitrogen and oxygen atoms in total. The summed E-state index contributed by atoms with van der Waals surface area (Å²) < 4.78 is 0. The SMILES string of the molecule is CCCCSCCCC(=O)CC. The third-order valence-electron chi connectivity index (χ3n) is 1.78. The zero-order valence-corrected chi connectivity index (χ0v) is 9.08. The van der Waals surface area contributed by atoms with Crippen molar-refractivity contribution < 1.29 is 4.79 Å². The summed E-state index contributed by atoms with van der Waals surface area (Å²) in [5.74, 6) is 2.83. The predicted octanol–water partition coefficient (Wildman–Crippen LogP) is 3.28. The summed E-state index contributed by atoms with van der Waals surface area (Å²) in [7, 11) is 0. The number of hydrogen-bond acceptors (Lipinski definition) is 2. The smallest absolute Gasteiger partial charge is 0.132 e. The second-order valence-corrected chi connectivity index (χ2v) is 4.19. The number of hydrogen-bond donors (Lipinski definition) is 0. The largest absolute Gasteiger partial charge is 0.300 e. The summed E-state index contributed by atoms with van der Waals surface area (Å²) in [6, 6.07) is 0. The molecule has 0 aliphatic rings. The Morgan fingerprint density at radius 3 is 2.42 bits per heavy atom. The van der Waals surface area contributed by atoms with Gasteiger partial charge in [0.05, 0.1) is 0 Å². The molecule has 0 fully saturated rings. The van der Waals surface area contributed by atoms with Crippen molar-refractivity contribution in [1.82, 2.24) is 0 Å². The Labute approximate surface area is 80.3 Å². The Bertz CT molecular complexity index is 112. The van der Waals surface area contributed by atoms with Crippen LogP contribution in [0.1, 0.15) is 46.0 Å². The maximum absolute atomic E-state index is 10.9. The van der Waals surface area contributed by atoms with E-state index in [1.165, 1.54) is 18.6 Å². The van der Waals surface area contributed by atoms with Crippen LogP contribution in [0.5, 0.6) is 0 Å². The first-order chi connectivity index (χ1) is 5.81. The van der Waals surface area contributed by atoms with Crippen LogP contribution in [0.2, 0.25) is 0 Å². The highest BCUT2D eigenvalue weighted by Gasteiger charge is 1.96. The van der Waals surface area contributed by atoms with Crippen LogP contribution in [0.15, 0.2) is 0 Å². The van der Waals surface area contributed by atoms with E-state index in [0.29, 0.717) is 12.2 Å². The molecule has 0 aromatic carbocycles. The van der Waals surface area contributed by atoms with Crippen molar-refractivity contribution in [2.24, 2.45) is 0 Å². The van der Waals surface area contributed by atoms with Crippen molar-refractivity contribution in [1.29, 1.82) is 0 Å². The molecule has 0 atom stereocenters. The van der Waals surface area contributed by atoms with Crippen LogP contribution in [0.3, 0.4) is 0 Å². The third-order valence-corrected chi connectivity index (χ3v) is 2.94. The van der Waals surface area contributed by atoms with Gasteiger partial charge in [-0.15, -0.1) is 0 Å². The number of carbonyl (C=O) groups is 1. The molecule has 72 valence electrons. The monoisotopic (exact) mass is 188 g/mol. The number of rotatable bonds is 8. The standard InChI is InChI=1S/C10H20OS/c1-3-5-8-12-9-6-7-10(11)4-2/h3-9H2,1-2H3. The zero-order chi connectivity index (χ0) is 9.23. The molecule has 0 aliphatic carbocycles. The fraction of sp³-hybridized carbons (Fsp3) is 0.900. The number of Topliss-reactive ketones (excluding diaryl/α,β-unsaturated/α-hetero) is 1. The van der Waals surface area contributed by atoms with Gasteiger partial charge in [-0.25, -0.2) is 0 Å². The fourth-order valence-electron chi connectivity index (χ4n) is 0.897. The molecule has 12 heavy (non-hydrogen) atoms. The minimum absolute atomic E-state index is 0.408. The minimum atomic E-state index is 0.408. The third kappa shape index (κ3) is 8.12. The zero-order valence-electron chi connectivity index (χ0n) is 8.27. The van der Waals surface area contributed by atoms with E-state index in [9.17, 15) is 4.79 Å². The maximum Gasteiger partial charge on any atom is 0.132 e. The molecule has 0 heterocycles. The van der Waals surface area contributed by atoms with Gasteiger partial charge in [-0.2, -0.15) is 11.8 Å². The predicted molar refractivity (Wildman–Crippen MR) is 56.8 cm³/mol. The van der Waals surface area contributed by atoms with E-state index in [2.05, 4.69) is 6.92 Å². The van der Waals surface area contributed by atoms with E-state index in [4.69, 9.17) is 0 Å². The van der Waals surface area contributed by atoms with E-state index in [1.54, 1.807) is 0 Å². The first-order valence-electron chi connectivity index (χ1n) is 4.90. The van der Waals surface area contributed by atoms with Crippen LogP contribution >= 0.6 is 11.8 Å². The van der Waals surface area contributed by atoms with Crippen molar-refractivity contribution in [2.45, 2.75) is 46.0 Å². The second-order valence-electron chi connectivity index (χ2n) is 2.96. The van der Waals surface area contributed by atoms with Gasteiger partial charge in [0, 0.05) is 12.8 Å². The van der Waals surface area contributed by atoms with Crippen LogP contribution in [0.4, 0.5) is 0 Å². The van der Waals surface area contributed by atoms with Gasteiger partial charge in [-0.1, -0.05) is 20.3 Å². The Kier molecular flexibility index (Phi) is 9.13. The van der Waals surface area contributed by atoms with Crippen molar-refractivity contribution in [3.05, 3.63) is 0 Å². The van der Waals surface area contributed by atoms with Crippen molar-refractivity contribution in [3.8, 4) is 0 Å². The van der Waals surface area contributed by atoms with Crippen LogP contribution in [0.25, 0.3) is 0 Å². The molecule has 0 bridgehead atoms. The molecule has 0 rings (SSSR count). The maximum atomic E-state index is 10.9. The van der Waals surface area contributed by atoms with Gasteiger partial charge in [0.25, 0.3) is 0 Å². The Morgan fingerprint density at radius 2 is 1.83 bits per heavy atom. The average molecular weight is 188 g/mol. The van der Waals surface area contributed by atoms with E-state index in [-0.39, 0.29) is 0 Å². The van der Waals surface area contributed by atoms with Crippen LogP contribution < -0.4 is 0 Å². The summed E-state index contributed by atoms with van der Waals surface area (Å²) in [6.45, 7) is 4.15. The molecule has 0 saturated carbocycles. The fourth-order valence-corrected chi connectivity index (χ4v) is 1.94.